The van der Waals surface area contributed by atoms with Gasteiger partial charge in [0.2, 0.25) is 0 Å². The van der Waals surface area contributed by atoms with Crippen LogP contribution in [0.1, 0.15) is 13.3 Å². The number of benzene rings is 1. The summed E-state index contributed by atoms with van der Waals surface area (Å²) in [5, 5.41) is 4.04. The summed E-state index contributed by atoms with van der Waals surface area (Å²) in [6, 6.07) is 6.02. The van der Waals surface area contributed by atoms with Crippen molar-refractivity contribution in [3.8, 4) is 5.75 Å². The van der Waals surface area contributed by atoms with Crippen LogP contribution in [0.3, 0.4) is 0 Å². The van der Waals surface area contributed by atoms with E-state index in [2.05, 4.69) is 12.2 Å². The Balaban J connectivity index is 2.17. The summed E-state index contributed by atoms with van der Waals surface area (Å²) >= 11 is 6.06. The second kappa shape index (κ2) is 4.93. The van der Waals surface area contributed by atoms with Gasteiger partial charge >= 0.3 is 0 Å². The molecule has 4 heteroatoms. The highest BCUT2D eigenvalue weighted by Crippen LogP contribution is 2.34. The Morgan fingerprint density at radius 1 is 1.50 bits per heavy atom. The fourth-order valence-electron chi connectivity index (χ4n) is 1.95. The molecule has 16 heavy (non-hydrogen) atoms. The van der Waals surface area contributed by atoms with Crippen molar-refractivity contribution in [2.24, 2.45) is 0 Å². The Morgan fingerprint density at radius 3 is 2.94 bits per heavy atom. The molecule has 0 saturated carbocycles. The lowest BCUT2D eigenvalue weighted by molar-refractivity contribution is 0.121. The summed E-state index contributed by atoms with van der Waals surface area (Å²) in [5.74, 6) is 0.697. The van der Waals surface area contributed by atoms with Crippen molar-refractivity contribution in [3.05, 3.63) is 23.2 Å². The van der Waals surface area contributed by atoms with Gasteiger partial charge in [-0.2, -0.15) is 0 Å². The number of nitrogens with one attached hydrogen (secondary N) is 1. The average Bonchev–Trinajstić information content (AvgIpc) is 2.65. The molecule has 1 saturated heterocycles. The van der Waals surface area contributed by atoms with E-state index < -0.39 is 0 Å². The van der Waals surface area contributed by atoms with Crippen molar-refractivity contribution in [2.75, 3.05) is 19.0 Å². The molecule has 2 unspecified atom stereocenters. The zero-order chi connectivity index (χ0) is 11.5. The summed E-state index contributed by atoms with van der Waals surface area (Å²) in [5.41, 5.74) is 0.928. The molecule has 1 fully saturated rings. The molecular weight excluding hydrogens is 226 g/mol. The van der Waals surface area contributed by atoms with Gasteiger partial charge in [-0.05, 0) is 25.5 Å². The third kappa shape index (κ3) is 2.25. The van der Waals surface area contributed by atoms with Gasteiger partial charge in [-0.25, -0.2) is 0 Å². The molecule has 3 nitrogen and oxygen atoms in total. The van der Waals surface area contributed by atoms with E-state index in [0.29, 0.717) is 16.8 Å². The molecule has 1 N–H and O–H groups in total. The Labute approximate surface area is 101 Å². The second-order valence-corrected chi connectivity index (χ2v) is 4.34. The maximum Gasteiger partial charge on any atom is 0.160 e. The van der Waals surface area contributed by atoms with Crippen LogP contribution in [0.2, 0.25) is 5.02 Å². The molecule has 2 atom stereocenters. The van der Waals surface area contributed by atoms with Crippen LogP contribution in [0.5, 0.6) is 5.75 Å². The Kier molecular flexibility index (Phi) is 3.56. The first-order chi connectivity index (χ1) is 7.72. The lowest BCUT2D eigenvalue weighted by Gasteiger charge is -2.19. The minimum atomic E-state index is 0.226. The molecule has 1 aromatic rings. The lowest BCUT2D eigenvalue weighted by atomic mass is 10.1. The Bertz CT molecular complexity index is 370. The fraction of sp³-hybridized carbons (Fsp3) is 0.500. The molecule has 1 aromatic carbocycles. The molecule has 1 aliphatic heterocycles. The van der Waals surface area contributed by atoms with Crippen LogP contribution in [0.25, 0.3) is 0 Å². The number of hydrogen-bond acceptors (Lipinski definition) is 3. The highest BCUT2D eigenvalue weighted by Gasteiger charge is 2.24. The van der Waals surface area contributed by atoms with E-state index in [9.17, 15) is 0 Å². The van der Waals surface area contributed by atoms with Gasteiger partial charge < -0.3 is 14.8 Å². The molecule has 88 valence electrons. The quantitative estimate of drug-likeness (QED) is 0.883. The number of ether oxygens (including phenoxy) is 2. The zero-order valence-corrected chi connectivity index (χ0v) is 10.3. The van der Waals surface area contributed by atoms with Gasteiger partial charge in [0, 0.05) is 6.61 Å². The number of para-hydroxylation sites is 1. The number of halogens is 1. The standard InChI is InChI=1S/C12H16ClNO2/c1-8-10(6-7-16-8)14-11-5-3-4-9(13)12(11)15-2/h3-5,8,10,14H,6-7H2,1-2H3. The molecule has 1 aliphatic rings. The molecular formula is C12H16ClNO2. The predicted octanol–water partition coefficient (Wildman–Crippen LogP) is 2.94. The average molecular weight is 242 g/mol. The molecule has 0 spiro atoms. The number of anilines is 1. The maximum atomic E-state index is 6.06. The first-order valence-corrected chi connectivity index (χ1v) is 5.81. The topological polar surface area (TPSA) is 30.5 Å². The SMILES string of the molecule is COc1c(Cl)cccc1NC1CCOC1C. The summed E-state index contributed by atoms with van der Waals surface area (Å²) in [4.78, 5) is 0. The number of methoxy groups -OCH3 is 1. The van der Waals surface area contributed by atoms with Crippen LogP contribution in [0, 0.1) is 0 Å². The first kappa shape index (κ1) is 11.6. The maximum absolute atomic E-state index is 6.06. The molecule has 0 aliphatic carbocycles. The van der Waals surface area contributed by atoms with Gasteiger partial charge in [-0.1, -0.05) is 17.7 Å². The van der Waals surface area contributed by atoms with Crippen molar-refractivity contribution in [2.45, 2.75) is 25.5 Å². The summed E-state index contributed by atoms with van der Waals surface area (Å²) in [6.45, 7) is 2.88. The minimum Gasteiger partial charge on any atom is -0.493 e. The summed E-state index contributed by atoms with van der Waals surface area (Å²) in [7, 11) is 1.63. The molecule has 0 bridgehead atoms. The molecule has 1 heterocycles. The Morgan fingerprint density at radius 2 is 2.31 bits per heavy atom. The van der Waals surface area contributed by atoms with E-state index in [1.807, 2.05) is 18.2 Å². The van der Waals surface area contributed by atoms with Crippen molar-refractivity contribution in [1.82, 2.24) is 0 Å². The summed E-state index contributed by atoms with van der Waals surface area (Å²) in [6.07, 6.45) is 1.24. The Hall–Kier alpha value is -0.930. The normalized spacial score (nSPS) is 24.4. The summed E-state index contributed by atoms with van der Waals surface area (Å²) < 4.78 is 10.8. The largest absolute Gasteiger partial charge is 0.493 e. The smallest absolute Gasteiger partial charge is 0.160 e. The van der Waals surface area contributed by atoms with Gasteiger partial charge in [-0.15, -0.1) is 0 Å². The van der Waals surface area contributed by atoms with E-state index >= 15 is 0 Å². The molecule has 0 amide bonds. The molecule has 0 aromatic heterocycles. The third-order valence-corrected chi connectivity index (χ3v) is 3.19. The van der Waals surface area contributed by atoms with Crippen LogP contribution in [-0.2, 0) is 4.74 Å². The van der Waals surface area contributed by atoms with Crippen molar-refractivity contribution in [3.63, 3.8) is 0 Å². The number of hydrogen-bond donors (Lipinski definition) is 1. The van der Waals surface area contributed by atoms with Crippen molar-refractivity contribution in [1.29, 1.82) is 0 Å². The van der Waals surface area contributed by atoms with E-state index in [1.54, 1.807) is 7.11 Å². The van der Waals surface area contributed by atoms with Crippen LogP contribution in [0.4, 0.5) is 5.69 Å². The fourth-order valence-corrected chi connectivity index (χ4v) is 2.20. The van der Waals surface area contributed by atoms with Crippen molar-refractivity contribution >= 4 is 17.3 Å². The zero-order valence-electron chi connectivity index (χ0n) is 9.50. The lowest BCUT2D eigenvalue weighted by Crippen LogP contribution is -2.26. The van der Waals surface area contributed by atoms with Crippen LogP contribution < -0.4 is 10.1 Å². The molecule has 2 rings (SSSR count). The highest BCUT2D eigenvalue weighted by molar-refractivity contribution is 6.32. The van der Waals surface area contributed by atoms with Gasteiger partial charge in [0.15, 0.2) is 5.75 Å². The number of rotatable bonds is 3. The van der Waals surface area contributed by atoms with Gasteiger partial charge in [0.1, 0.15) is 0 Å². The first-order valence-electron chi connectivity index (χ1n) is 5.43. The van der Waals surface area contributed by atoms with Crippen molar-refractivity contribution < 1.29 is 9.47 Å². The minimum absolute atomic E-state index is 0.226. The van der Waals surface area contributed by atoms with Gasteiger partial charge in [-0.3, -0.25) is 0 Å². The third-order valence-electron chi connectivity index (χ3n) is 2.89. The van der Waals surface area contributed by atoms with Gasteiger partial charge in [0.25, 0.3) is 0 Å². The van der Waals surface area contributed by atoms with E-state index in [0.717, 1.165) is 18.7 Å². The second-order valence-electron chi connectivity index (χ2n) is 3.94. The monoisotopic (exact) mass is 241 g/mol. The van der Waals surface area contributed by atoms with Crippen LogP contribution in [-0.4, -0.2) is 25.9 Å². The van der Waals surface area contributed by atoms with Crippen LogP contribution in [0.15, 0.2) is 18.2 Å². The highest BCUT2D eigenvalue weighted by atomic mass is 35.5. The van der Waals surface area contributed by atoms with E-state index in [1.165, 1.54) is 0 Å². The molecule has 0 radical (unpaired) electrons. The van der Waals surface area contributed by atoms with E-state index in [-0.39, 0.29) is 6.10 Å². The predicted molar refractivity (Wildman–Crippen MR) is 65.4 cm³/mol. The van der Waals surface area contributed by atoms with Crippen LogP contribution >= 0.6 is 11.6 Å². The van der Waals surface area contributed by atoms with Gasteiger partial charge in [0.05, 0.1) is 30.0 Å². The van der Waals surface area contributed by atoms with E-state index in [4.69, 9.17) is 21.1 Å².